The molecular formula is C20H22BrClN2O4. The molecule has 0 saturated carbocycles. The summed E-state index contributed by atoms with van der Waals surface area (Å²) < 4.78 is 17.0. The van der Waals surface area contributed by atoms with Gasteiger partial charge in [0.15, 0.2) is 18.1 Å². The van der Waals surface area contributed by atoms with Gasteiger partial charge in [0.2, 0.25) is 0 Å². The molecule has 0 radical (unpaired) electrons. The molecule has 2 aromatic rings. The van der Waals surface area contributed by atoms with Crippen molar-refractivity contribution >= 4 is 39.7 Å². The summed E-state index contributed by atoms with van der Waals surface area (Å²) >= 11 is 9.63. The van der Waals surface area contributed by atoms with Crippen LogP contribution in [-0.4, -0.2) is 32.4 Å². The van der Waals surface area contributed by atoms with Gasteiger partial charge in [0.25, 0.3) is 5.91 Å². The van der Waals surface area contributed by atoms with E-state index < -0.39 is 0 Å². The lowest BCUT2D eigenvalue weighted by atomic mass is 10.1. The molecule has 0 bridgehead atoms. The number of carbonyl (C=O) groups is 1. The number of hydrogen-bond donors (Lipinski definition) is 1. The van der Waals surface area contributed by atoms with E-state index in [2.05, 4.69) is 26.5 Å². The lowest BCUT2D eigenvalue weighted by Crippen LogP contribution is -2.24. The second kappa shape index (κ2) is 10.3. The fourth-order valence-electron chi connectivity index (χ4n) is 2.40. The Morgan fingerprint density at radius 3 is 2.64 bits per heavy atom. The molecule has 2 rings (SSSR count). The van der Waals surface area contributed by atoms with Crippen molar-refractivity contribution in [3.05, 3.63) is 50.5 Å². The van der Waals surface area contributed by atoms with Crippen molar-refractivity contribution in [1.82, 2.24) is 5.43 Å². The van der Waals surface area contributed by atoms with Gasteiger partial charge >= 0.3 is 0 Å². The average Bonchev–Trinajstić information content (AvgIpc) is 2.69. The Hall–Kier alpha value is -2.25. The molecule has 0 unspecified atom stereocenters. The number of halogens is 2. The molecule has 0 aliphatic heterocycles. The van der Waals surface area contributed by atoms with Crippen LogP contribution in [0.4, 0.5) is 0 Å². The van der Waals surface area contributed by atoms with Crippen molar-refractivity contribution in [3.8, 4) is 17.2 Å². The highest BCUT2D eigenvalue weighted by Gasteiger charge is 2.12. The van der Waals surface area contributed by atoms with Crippen molar-refractivity contribution in [2.24, 2.45) is 5.10 Å². The van der Waals surface area contributed by atoms with E-state index in [9.17, 15) is 4.79 Å². The molecule has 0 aliphatic carbocycles. The summed E-state index contributed by atoms with van der Waals surface area (Å²) in [6, 6.07) is 7.16. The lowest BCUT2D eigenvalue weighted by Gasteiger charge is -2.12. The highest BCUT2D eigenvalue weighted by molar-refractivity contribution is 9.10. The zero-order valence-electron chi connectivity index (χ0n) is 16.1. The molecular weight excluding hydrogens is 448 g/mol. The van der Waals surface area contributed by atoms with Crippen LogP contribution >= 0.6 is 27.5 Å². The number of hydrazone groups is 1. The standard InChI is InChI=1S/C20H22BrClN2O4/c1-5-27-15-7-6-14(9-16(15)26-4)10-23-24-18(25)11-28-17-8-12(2)20(22)13(3)19(17)21/h6-10H,5,11H2,1-4H3,(H,24,25)/b23-10+. The fraction of sp³-hybridized carbons (Fsp3) is 0.300. The van der Waals surface area contributed by atoms with Crippen LogP contribution in [0.5, 0.6) is 17.2 Å². The van der Waals surface area contributed by atoms with Gasteiger partial charge in [0.05, 0.1) is 24.4 Å². The molecule has 28 heavy (non-hydrogen) atoms. The molecule has 0 aromatic heterocycles. The van der Waals surface area contributed by atoms with Gasteiger partial charge < -0.3 is 14.2 Å². The summed E-state index contributed by atoms with van der Waals surface area (Å²) in [5, 5.41) is 4.61. The SMILES string of the molecule is CCOc1ccc(/C=N/NC(=O)COc2cc(C)c(Cl)c(C)c2Br)cc1OC. The number of hydrogen-bond acceptors (Lipinski definition) is 5. The molecule has 1 N–H and O–H groups in total. The van der Waals surface area contributed by atoms with E-state index in [1.807, 2.05) is 26.8 Å². The highest BCUT2D eigenvalue weighted by Crippen LogP contribution is 2.35. The number of rotatable bonds is 8. The Labute approximate surface area is 177 Å². The molecule has 0 saturated heterocycles. The molecule has 2 aromatic carbocycles. The summed E-state index contributed by atoms with van der Waals surface area (Å²) in [4.78, 5) is 12.0. The smallest absolute Gasteiger partial charge is 0.277 e. The van der Waals surface area contributed by atoms with Crippen LogP contribution in [0.3, 0.4) is 0 Å². The summed E-state index contributed by atoms with van der Waals surface area (Å²) in [5.74, 6) is 1.42. The van der Waals surface area contributed by atoms with Gasteiger partial charge in [-0.3, -0.25) is 4.79 Å². The minimum absolute atomic E-state index is 0.178. The van der Waals surface area contributed by atoms with Crippen molar-refractivity contribution in [1.29, 1.82) is 0 Å². The normalized spacial score (nSPS) is 10.8. The molecule has 6 nitrogen and oxygen atoms in total. The number of amides is 1. The Morgan fingerprint density at radius 1 is 1.21 bits per heavy atom. The van der Waals surface area contributed by atoms with Crippen LogP contribution in [0, 0.1) is 13.8 Å². The van der Waals surface area contributed by atoms with Gasteiger partial charge in [0, 0.05) is 5.02 Å². The summed E-state index contributed by atoms with van der Waals surface area (Å²) in [6.45, 7) is 6.02. The van der Waals surface area contributed by atoms with Gasteiger partial charge in [-0.2, -0.15) is 5.10 Å². The third kappa shape index (κ3) is 5.62. The van der Waals surface area contributed by atoms with Gasteiger partial charge in [-0.15, -0.1) is 0 Å². The fourth-order valence-corrected chi connectivity index (χ4v) is 3.09. The monoisotopic (exact) mass is 468 g/mol. The molecule has 8 heteroatoms. The number of ether oxygens (including phenoxy) is 3. The molecule has 150 valence electrons. The first-order chi connectivity index (χ1) is 13.4. The van der Waals surface area contributed by atoms with Crippen molar-refractivity contribution in [3.63, 3.8) is 0 Å². The summed E-state index contributed by atoms with van der Waals surface area (Å²) in [7, 11) is 1.57. The first-order valence-electron chi connectivity index (χ1n) is 8.58. The number of benzene rings is 2. The van der Waals surface area contributed by atoms with E-state index >= 15 is 0 Å². The second-order valence-electron chi connectivity index (χ2n) is 5.87. The lowest BCUT2D eigenvalue weighted by molar-refractivity contribution is -0.123. The van der Waals surface area contributed by atoms with Gasteiger partial charge in [-0.1, -0.05) is 11.6 Å². The molecule has 1 amide bonds. The topological polar surface area (TPSA) is 69.2 Å². The van der Waals surface area contributed by atoms with Gasteiger partial charge in [0.1, 0.15) is 5.75 Å². The Kier molecular flexibility index (Phi) is 8.14. The summed E-state index contributed by atoms with van der Waals surface area (Å²) in [6.07, 6.45) is 1.52. The quantitative estimate of drug-likeness (QED) is 0.451. The third-order valence-electron chi connectivity index (χ3n) is 3.82. The third-order valence-corrected chi connectivity index (χ3v) is 5.38. The van der Waals surface area contributed by atoms with Gasteiger partial charge in [-0.05, 0) is 77.7 Å². The van der Waals surface area contributed by atoms with E-state index in [0.29, 0.717) is 28.9 Å². The maximum atomic E-state index is 12.0. The van der Waals surface area contributed by atoms with Crippen LogP contribution in [0.2, 0.25) is 5.02 Å². The largest absolute Gasteiger partial charge is 0.493 e. The maximum Gasteiger partial charge on any atom is 0.277 e. The highest BCUT2D eigenvalue weighted by atomic mass is 79.9. The number of nitrogens with one attached hydrogen (secondary N) is 1. The number of aryl methyl sites for hydroxylation is 1. The molecule has 0 spiro atoms. The average molecular weight is 470 g/mol. The van der Waals surface area contributed by atoms with Crippen molar-refractivity contribution in [2.45, 2.75) is 20.8 Å². The van der Waals surface area contributed by atoms with Crippen LogP contribution < -0.4 is 19.6 Å². The van der Waals surface area contributed by atoms with Crippen LogP contribution in [0.15, 0.2) is 33.8 Å². The van der Waals surface area contributed by atoms with Crippen molar-refractivity contribution < 1.29 is 19.0 Å². The number of nitrogens with zero attached hydrogens (tertiary/aromatic N) is 1. The van der Waals surface area contributed by atoms with E-state index in [-0.39, 0.29) is 12.5 Å². The first-order valence-corrected chi connectivity index (χ1v) is 9.75. The van der Waals surface area contributed by atoms with Crippen LogP contribution in [-0.2, 0) is 4.79 Å². The minimum Gasteiger partial charge on any atom is -0.493 e. The Bertz CT molecular complexity index is 887. The van der Waals surface area contributed by atoms with E-state index in [1.54, 1.807) is 25.3 Å². The Balaban J connectivity index is 1.94. The molecule has 0 atom stereocenters. The molecule has 0 fully saturated rings. The van der Waals surface area contributed by atoms with E-state index in [0.717, 1.165) is 21.2 Å². The van der Waals surface area contributed by atoms with Gasteiger partial charge in [-0.25, -0.2) is 5.43 Å². The predicted molar refractivity (Wildman–Crippen MR) is 114 cm³/mol. The molecule has 0 heterocycles. The maximum absolute atomic E-state index is 12.0. The second-order valence-corrected chi connectivity index (χ2v) is 7.04. The van der Waals surface area contributed by atoms with Crippen LogP contribution in [0.25, 0.3) is 0 Å². The minimum atomic E-state index is -0.383. The van der Waals surface area contributed by atoms with E-state index in [4.69, 9.17) is 25.8 Å². The zero-order valence-corrected chi connectivity index (χ0v) is 18.5. The zero-order chi connectivity index (χ0) is 20.7. The Morgan fingerprint density at radius 2 is 1.96 bits per heavy atom. The molecule has 0 aliphatic rings. The van der Waals surface area contributed by atoms with E-state index in [1.165, 1.54) is 6.21 Å². The van der Waals surface area contributed by atoms with Crippen molar-refractivity contribution in [2.75, 3.05) is 20.3 Å². The predicted octanol–water partition coefficient (Wildman–Crippen LogP) is 4.66. The first kappa shape index (κ1) is 22.0. The number of methoxy groups -OCH3 is 1. The van der Waals surface area contributed by atoms with Crippen LogP contribution in [0.1, 0.15) is 23.6 Å². The number of carbonyl (C=O) groups excluding carboxylic acids is 1. The summed E-state index contributed by atoms with van der Waals surface area (Å²) in [5.41, 5.74) is 4.92.